The van der Waals surface area contributed by atoms with E-state index < -0.39 is 6.10 Å². The first-order valence-electron chi connectivity index (χ1n) is 7.05. The number of benzene rings is 1. The fraction of sp³-hybridized carbons (Fsp3) is 0.438. The number of hydrogen-bond donors (Lipinski definition) is 2. The lowest BCUT2D eigenvalue weighted by molar-refractivity contribution is 0.105. The summed E-state index contributed by atoms with van der Waals surface area (Å²) in [5.74, 6) is 0.868. The van der Waals surface area contributed by atoms with Crippen LogP contribution < -0.4 is 10.1 Å². The van der Waals surface area contributed by atoms with E-state index in [1.165, 1.54) is 0 Å². The number of ether oxygens (including phenoxy) is 1. The van der Waals surface area contributed by atoms with Gasteiger partial charge in [0.25, 0.3) is 0 Å². The van der Waals surface area contributed by atoms with Crippen molar-refractivity contribution in [1.82, 2.24) is 10.3 Å². The van der Waals surface area contributed by atoms with E-state index in [2.05, 4.69) is 10.3 Å². The Labute approximate surface area is 129 Å². The van der Waals surface area contributed by atoms with E-state index in [0.29, 0.717) is 13.1 Å². The lowest BCUT2D eigenvalue weighted by atomic mass is 10.1. The molecule has 1 aromatic carbocycles. The third-order valence-electron chi connectivity index (χ3n) is 3.15. The summed E-state index contributed by atoms with van der Waals surface area (Å²) in [5.41, 5.74) is 3.22. The average molecular weight is 306 g/mol. The molecule has 0 bridgehead atoms. The Hall–Kier alpha value is -1.43. The maximum atomic E-state index is 9.97. The van der Waals surface area contributed by atoms with Gasteiger partial charge >= 0.3 is 0 Å². The van der Waals surface area contributed by atoms with Crippen LogP contribution in [-0.4, -0.2) is 29.3 Å². The zero-order chi connectivity index (χ0) is 15.2. The second-order valence-electron chi connectivity index (χ2n) is 5.20. The molecule has 0 aliphatic carbocycles. The van der Waals surface area contributed by atoms with Crippen LogP contribution in [0.5, 0.6) is 5.75 Å². The first-order valence-corrected chi connectivity index (χ1v) is 7.93. The third-order valence-corrected chi connectivity index (χ3v) is 4.12. The van der Waals surface area contributed by atoms with Crippen molar-refractivity contribution < 1.29 is 9.84 Å². The first-order chi connectivity index (χ1) is 10.1. The topological polar surface area (TPSA) is 54.4 Å². The number of thiazole rings is 1. The van der Waals surface area contributed by atoms with Gasteiger partial charge in [0, 0.05) is 24.2 Å². The summed E-state index contributed by atoms with van der Waals surface area (Å²) in [6, 6.07) is 6.03. The fourth-order valence-electron chi connectivity index (χ4n) is 2.09. The van der Waals surface area contributed by atoms with Crippen molar-refractivity contribution in [3.8, 4) is 5.75 Å². The van der Waals surface area contributed by atoms with Gasteiger partial charge in [-0.1, -0.05) is 18.2 Å². The van der Waals surface area contributed by atoms with E-state index in [1.807, 2.05) is 44.4 Å². The lowest BCUT2D eigenvalue weighted by Gasteiger charge is -2.15. The Balaban J connectivity index is 1.73. The van der Waals surface area contributed by atoms with E-state index in [4.69, 9.17) is 4.74 Å². The second-order valence-corrected chi connectivity index (χ2v) is 6.14. The molecule has 0 aliphatic rings. The molecule has 2 rings (SSSR count). The summed E-state index contributed by atoms with van der Waals surface area (Å²) in [4.78, 5) is 4.37. The van der Waals surface area contributed by atoms with Crippen LogP contribution in [-0.2, 0) is 6.54 Å². The Morgan fingerprint density at radius 1 is 1.29 bits per heavy atom. The summed E-state index contributed by atoms with van der Waals surface area (Å²) in [7, 11) is 0. The van der Waals surface area contributed by atoms with Crippen molar-refractivity contribution in [2.24, 2.45) is 0 Å². The van der Waals surface area contributed by atoms with Crippen molar-refractivity contribution in [3.05, 3.63) is 45.4 Å². The molecule has 0 saturated heterocycles. The summed E-state index contributed by atoms with van der Waals surface area (Å²) in [5, 5.41) is 16.2. The number of aryl methyl sites for hydroxylation is 3. The van der Waals surface area contributed by atoms with E-state index in [0.717, 1.165) is 27.6 Å². The van der Waals surface area contributed by atoms with E-state index >= 15 is 0 Å². The van der Waals surface area contributed by atoms with Crippen LogP contribution in [0.2, 0.25) is 0 Å². The van der Waals surface area contributed by atoms with Crippen LogP contribution >= 0.6 is 11.3 Å². The summed E-state index contributed by atoms with van der Waals surface area (Å²) in [6.07, 6.45) is -0.537. The van der Waals surface area contributed by atoms with Crippen LogP contribution in [0.1, 0.15) is 21.8 Å². The minimum absolute atomic E-state index is 0.287. The number of aliphatic hydroxyl groups is 1. The zero-order valence-corrected chi connectivity index (χ0v) is 13.5. The van der Waals surface area contributed by atoms with E-state index in [9.17, 15) is 5.11 Å². The molecular formula is C16H22N2O2S. The molecule has 1 unspecified atom stereocenters. The molecule has 0 spiro atoms. The molecule has 0 amide bonds. The van der Waals surface area contributed by atoms with Gasteiger partial charge in [-0.15, -0.1) is 11.3 Å². The number of nitrogens with zero attached hydrogens (tertiary/aromatic N) is 1. The highest BCUT2D eigenvalue weighted by Crippen LogP contribution is 2.22. The number of rotatable bonds is 7. The Bertz CT molecular complexity index is 563. The monoisotopic (exact) mass is 306 g/mol. The van der Waals surface area contributed by atoms with Crippen LogP contribution in [0.15, 0.2) is 23.6 Å². The molecular weight excluding hydrogens is 284 g/mol. The van der Waals surface area contributed by atoms with Gasteiger partial charge in [0.05, 0.1) is 0 Å². The summed E-state index contributed by atoms with van der Waals surface area (Å²) in [6.45, 7) is 7.46. The van der Waals surface area contributed by atoms with Gasteiger partial charge in [-0.3, -0.25) is 0 Å². The van der Waals surface area contributed by atoms with Crippen molar-refractivity contribution >= 4 is 11.3 Å². The Morgan fingerprint density at radius 3 is 2.62 bits per heavy atom. The largest absolute Gasteiger partial charge is 0.490 e. The highest BCUT2D eigenvalue weighted by Gasteiger charge is 2.08. The Kier molecular flexibility index (Phi) is 5.73. The van der Waals surface area contributed by atoms with E-state index in [1.54, 1.807) is 11.3 Å². The SMILES string of the molecule is Cc1csc(CNCC(O)COc2c(C)cccc2C)n1. The smallest absolute Gasteiger partial charge is 0.125 e. The number of nitrogens with one attached hydrogen (secondary N) is 1. The molecule has 21 heavy (non-hydrogen) atoms. The Morgan fingerprint density at radius 2 is 2.00 bits per heavy atom. The molecule has 0 saturated carbocycles. The maximum Gasteiger partial charge on any atom is 0.125 e. The van der Waals surface area contributed by atoms with Crippen LogP contribution in [0, 0.1) is 20.8 Å². The molecule has 0 fully saturated rings. The number of para-hydroxylation sites is 1. The number of aromatic nitrogens is 1. The van der Waals surface area contributed by atoms with Crippen molar-refractivity contribution in [1.29, 1.82) is 0 Å². The molecule has 5 heteroatoms. The highest BCUT2D eigenvalue weighted by molar-refractivity contribution is 7.09. The van der Waals surface area contributed by atoms with Gasteiger partial charge in [0.15, 0.2) is 0 Å². The van der Waals surface area contributed by atoms with Crippen molar-refractivity contribution in [2.45, 2.75) is 33.4 Å². The van der Waals surface area contributed by atoms with Crippen molar-refractivity contribution in [3.63, 3.8) is 0 Å². The van der Waals surface area contributed by atoms with Gasteiger partial charge in [-0.2, -0.15) is 0 Å². The van der Waals surface area contributed by atoms with Crippen LogP contribution in [0.25, 0.3) is 0 Å². The molecule has 2 aromatic rings. The summed E-state index contributed by atoms with van der Waals surface area (Å²) < 4.78 is 5.73. The second kappa shape index (κ2) is 7.54. The number of hydrogen-bond acceptors (Lipinski definition) is 5. The lowest BCUT2D eigenvalue weighted by Crippen LogP contribution is -2.31. The van der Waals surface area contributed by atoms with Gasteiger partial charge in [0.2, 0.25) is 0 Å². The van der Waals surface area contributed by atoms with Crippen LogP contribution in [0.4, 0.5) is 0 Å². The fourth-order valence-corrected chi connectivity index (χ4v) is 2.84. The highest BCUT2D eigenvalue weighted by atomic mass is 32.1. The number of aliphatic hydroxyl groups excluding tert-OH is 1. The molecule has 1 atom stereocenters. The van der Waals surface area contributed by atoms with Crippen LogP contribution in [0.3, 0.4) is 0 Å². The van der Waals surface area contributed by atoms with Crippen molar-refractivity contribution in [2.75, 3.05) is 13.2 Å². The van der Waals surface area contributed by atoms with Gasteiger partial charge < -0.3 is 15.2 Å². The average Bonchev–Trinajstić information content (AvgIpc) is 2.84. The van der Waals surface area contributed by atoms with Gasteiger partial charge in [-0.05, 0) is 31.9 Å². The molecule has 1 aromatic heterocycles. The van der Waals surface area contributed by atoms with Gasteiger partial charge in [-0.25, -0.2) is 4.98 Å². The minimum atomic E-state index is -0.537. The minimum Gasteiger partial charge on any atom is -0.490 e. The first kappa shape index (κ1) is 15.9. The van der Waals surface area contributed by atoms with Gasteiger partial charge in [0.1, 0.15) is 23.5 Å². The van der Waals surface area contributed by atoms with E-state index in [-0.39, 0.29) is 6.61 Å². The predicted octanol–water partition coefficient (Wildman–Crippen LogP) is 2.60. The molecule has 1 heterocycles. The quantitative estimate of drug-likeness (QED) is 0.825. The normalized spacial score (nSPS) is 12.4. The maximum absolute atomic E-state index is 9.97. The third kappa shape index (κ3) is 4.81. The summed E-state index contributed by atoms with van der Waals surface area (Å²) >= 11 is 1.63. The standard InChI is InChI=1S/C16H22N2O2S/c1-11-5-4-6-12(2)16(11)20-9-14(19)7-17-8-15-18-13(3)10-21-15/h4-6,10,14,17,19H,7-9H2,1-3H3. The molecule has 114 valence electrons. The molecule has 0 aliphatic heterocycles. The molecule has 2 N–H and O–H groups in total. The molecule has 4 nitrogen and oxygen atoms in total. The molecule has 0 radical (unpaired) electrons. The predicted molar refractivity (Wildman–Crippen MR) is 86.0 cm³/mol. The zero-order valence-electron chi connectivity index (χ0n) is 12.7.